The summed E-state index contributed by atoms with van der Waals surface area (Å²) < 4.78 is 11.4. The Bertz CT molecular complexity index is 1180. The lowest BCUT2D eigenvalue weighted by atomic mass is 10.1. The normalized spacial score (nSPS) is 10.3. The number of hydrogen-bond acceptors (Lipinski definition) is 6. The molecule has 0 spiro atoms. The molecule has 0 saturated carbocycles. The maximum Gasteiger partial charge on any atom is 0.257 e. The van der Waals surface area contributed by atoms with Gasteiger partial charge in [0.15, 0.2) is 6.61 Å². The first-order valence-corrected chi connectivity index (χ1v) is 10.6. The Balaban J connectivity index is 1.70. The van der Waals surface area contributed by atoms with E-state index in [9.17, 15) is 9.59 Å². The van der Waals surface area contributed by atoms with E-state index in [1.165, 1.54) is 7.05 Å². The summed E-state index contributed by atoms with van der Waals surface area (Å²) in [6, 6.07) is 14.0. The summed E-state index contributed by atoms with van der Waals surface area (Å²) in [5, 5.41) is 13.0. The lowest BCUT2D eigenvalue weighted by Gasteiger charge is -2.14. The summed E-state index contributed by atoms with van der Waals surface area (Å²) in [4.78, 5) is 28.4. The van der Waals surface area contributed by atoms with Crippen LogP contribution in [0, 0.1) is 12.3 Å². The lowest BCUT2D eigenvalue weighted by Crippen LogP contribution is -2.26. The minimum Gasteiger partial charge on any atom is -0.489 e. The first-order chi connectivity index (χ1) is 16.4. The number of aryl methyl sites for hydroxylation is 1. The van der Waals surface area contributed by atoms with Gasteiger partial charge in [-0.25, -0.2) is 0 Å². The van der Waals surface area contributed by atoms with Crippen LogP contribution in [-0.4, -0.2) is 36.3 Å². The van der Waals surface area contributed by atoms with Gasteiger partial charge in [-0.1, -0.05) is 12.1 Å². The number of ether oxygens (including phenoxy) is 2. The number of amides is 2. The van der Waals surface area contributed by atoms with Crippen LogP contribution < -0.4 is 25.8 Å². The highest BCUT2D eigenvalue weighted by Gasteiger charge is 2.13. The quantitative estimate of drug-likeness (QED) is 0.270. The van der Waals surface area contributed by atoms with Gasteiger partial charge in [0.05, 0.1) is 0 Å². The van der Waals surface area contributed by atoms with Crippen LogP contribution in [0.25, 0.3) is 0 Å². The molecule has 0 radical (unpaired) electrons. The van der Waals surface area contributed by atoms with Gasteiger partial charge in [-0.15, -0.1) is 0 Å². The van der Waals surface area contributed by atoms with Crippen LogP contribution in [-0.2, 0) is 17.9 Å². The van der Waals surface area contributed by atoms with Gasteiger partial charge in [0, 0.05) is 42.7 Å². The molecule has 2 aromatic carbocycles. The molecule has 0 fully saturated rings. The third-order valence-corrected chi connectivity index (χ3v) is 4.92. The number of hydrogen-bond donors (Lipinski definition) is 4. The molecule has 5 N–H and O–H groups in total. The van der Waals surface area contributed by atoms with Crippen molar-refractivity contribution >= 4 is 17.6 Å². The summed E-state index contributed by atoms with van der Waals surface area (Å²) >= 11 is 0. The average Bonchev–Trinajstić information content (AvgIpc) is 2.84. The molecule has 0 unspecified atom stereocenters. The van der Waals surface area contributed by atoms with Crippen molar-refractivity contribution in [2.45, 2.75) is 20.1 Å². The van der Waals surface area contributed by atoms with Crippen LogP contribution in [0.1, 0.15) is 32.6 Å². The minimum atomic E-state index is -0.303. The van der Waals surface area contributed by atoms with Gasteiger partial charge in [-0.3, -0.25) is 20.0 Å². The molecule has 0 atom stereocenters. The highest BCUT2D eigenvalue weighted by Crippen LogP contribution is 2.22. The molecule has 34 heavy (non-hydrogen) atoms. The predicted molar refractivity (Wildman–Crippen MR) is 128 cm³/mol. The predicted octanol–water partition coefficient (Wildman–Crippen LogP) is 2.31. The smallest absolute Gasteiger partial charge is 0.257 e. The maximum atomic E-state index is 12.9. The minimum absolute atomic E-state index is 0.126. The topological polar surface area (TPSA) is 139 Å². The van der Waals surface area contributed by atoms with E-state index < -0.39 is 0 Å². The van der Waals surface area contributed by atoms with Gasteiger partial charge in [0.1, 0.15) is 23.9 Å². The first kappa shape index (κ1) is 24.2. The van der Waals surface area contributed by atoms with Gasteiger partial charge >= 0.3 is 0 Å². The zero-order chi connectivity index (χ0) is 24.5. The monoisotopic (exact) mass is 461 g/mol. The van der Waals surface area contributed by atoms with Crippen molar-refractivity contribution in [1.29, 1.82) is 5.41 Å². The fraction of sp³-hybridized carbons (Fsp3) is 0.200. The lowest BCUT2D eigenvalue weighted by molar-refractivity contribution is -0.122. The summed E-state index contributed by atoms with van der Waals surface area (Å²) in [5.41, 5.74) is 8.98. The molecule has 0 bridgehead atoms. The van der Waals surface area contributed by atoms with Gasteiger partial charge in [-0.05, 0) is 54.4 Å². The highest BCUT2D eigenvalue weighted by molar-refractivity contribution is 5.96. The third-order valence-electron chi connectivity index (χ3n) is 4.92. The number of nitrogens with one attached hydrogen (secondary N) is 3. The Morgan fingerprint density at radius 2 is 1.79 bits per heavy atom. The Hall–Kier alpha value is -4.40. The summed E-state index contributed by atoms with van der Waals surface area (Å²) in [7, 11) is 1.51. The summed E-state index contributed by atoms with van der Waals surface area (Å²) in [5.74, 6) is 0.233. The molecule has 3 rings (SSSR count). The van der Waals surface area contributed by atoms with Crippen LogP contribution in [0.15, 0.2) is 60.9 Å². The molecule has 0 saturated heterocycles. The van der Waals surface area contributed by atoms with Gasteiger partial charge in [0.2, 0.25) is 0 Å². The number of benzene rings is 2. The molecule has 3 aromatic rings. The molecule has 9 heteroatoms. The number of carbonyl (C=O) groups excluding carboxylic acids is 2. The number of amidine groups is 1. The number of likely N-dealkylation sites (N-methyl/N-ethyl adjacent to an activating group) is 1. The van der Waals surface area contributed by atoms with Crippen molar-refractivity contribution in [2.75, 3.05) is 13.7 Å². The van der Waals surface area contributed by atoms with E-state index >= 15 is 0 Å². The highest BCUT2D eigenvalue weighted by atomic mass is 16.5. The van der Waals surface area contributed by atoms with E-state index in [-0.39, 0.29) is 30.8 Å². The standard InChI is InChI=1S/C25H27N5O4/c1-16-9-20(11-21(10-16)33-14-17-5-7-29-8-6-17)25(32)30-13-19-4-3-18(24(26)27)12-22(19)34-15-23(31)28-2/h3-12H,13-15H2,1-2H3,(H3,26,27)(H,28,31)(H,30,32). The molecule has 1 heterocycles. The van der Waals surface area contributed by atoms with Gasteiger partial charge < -0.3 is 25.8 Å². The molecule has 176 valence electrons. The molecule has 2 amide bonds. The maximum absolute atomic E-state index is 12.9. The molecular weight excluding hydrogens is 434 g/mol. The van der Waals surface area contributed by atoms with Crippen LogP contribution in [0.4, 0.5) is 0 Å². The van der Waals surface area contributed by atoms with Crippen LogP contribution >= 0.6 is 0 Å². The first-order valence-electron chi connectivity index (χ1n) is 10.6. The zero-order valence-electron chi connectivity index (χ0n) is 19.1. The van der Waals surface area contributed by atoms with Crippen LogP contribution in [0.3, 0.4) is 0 Å². The molecule has 1 aromatic heterocycles. The number of nitrogens with two attached hydrogens (primary N) is 1. The van der Waals surface area contributed by atoms with Crippen LogP contribution in [0.5, 0.6) is 11.5 Å². The largest absolute Gasteiger partial charge is 0.489 e. The Morgan fingerprint density at radius 1 is 1.03 bits per heavy atom. The number of rotatable bonds is 10. The van der Waals surface area contributed by atoms with E-state index in [1.807, 2.05) is 25.1 Å². The number of nitrogen functional groups attached to an aromatic ring is 1. The van der Waals surface area contributed by atoms with E-state index in [0.29, 0.717) is 34.8 Å². The molecule has 9 nitrogen and oxygen atoms in total. The van der Waals surface area contributed by atoms with E-state index in [0.717, 1.165) is 11.1 Å². The number of aromatic nitrogens is 1. The van der Waals surface area contributed by atoms with Crippen LogP contribution in [0.2, 0.25) is 0 Å². The number of nitrogens with zero attached hydrogens (tertiary/aromatic N) is 1. The summed E-state index contributed by atoms with van der Waals surface area (Å²) in [6.45, 7) is 2.21. The number of pyridine rings is 1. The molecule has 0 aliphatic heterocycles. The average molecular weight is 462 g/mol. The van der Waals surface area contributed by atoms with Crippen molar-refractivity contribution in [3.05, 3.63) is 88.7 Å². The second-order valence-electron chi connectivity index (χ2n) is 7.56. The molecule has 0 aliphatic rings. The fourth-order valence-corrected chi connectivity index (χ4v) is 3.10. The van der Waals surface area contributed by atoms with E-state index in [1.54, 1.807) is 42.7 Å². The second kappa shape index (κ2) is 11.5. The van der Waals surface area contributed by atoms with E-state index in [4.69, 9.17) is 20.6 Å². The van der Waals surface area contributed by atoms with Gasteiger partial charge in [0.25, 0.3) is 11.8 Å². The fourth-order valence-electron chi connectivity index (χ4n) is 3.10. The van der Waals surface area contributed by atoms with Crippen molar-refractivity contribution in [3.8, 4) is 11.5 Å². The summed E-state index contributed by atoms with van der Waals surface area (Å²) in [6.07, 6.45) is 3.40. The Labute approximate surface area is 197 Å². The van der Waals surface area contributed by atoms with Crippen molar-refractivity contribution in [3.63, 3.8) is 0 Å². The zero-order valence-corrected chi connectivity index (χ0v) is 19.1. The second-order valence-corrected chi connectivity index (χ2v) is 7.56. The Kier molecular flexibility index (Phi) is 8.17. The molecular formula is C25H27N5O4. The third kappa shape index (κ3) is 6.80. The SMILES string of the molecule is CNC(=O)COc1cc(C(=N)N)ccc1CNC(=O)c1cc(C)cc(OCc2ccncc2)c1. The van der Waals surface area contributed by atoms with Crippen molar-refractivity contribution in [2.24, 2.45) is 5.73 Å². The van der Waals surface area contributed by atoms with Gasteiger partial charge in [-0.2, -0.15) is 0 Å². The van der Waals surface area contributed by atoms with Crippen molar-refractivity contribution < 1.29 is 19.1 Å². The van der Waals surface area contributed by atoms with Crippen molar-refractivity contribution in [1.82, 2.24) is 15.6 Å². The number of carbonyl (C=O) groups is 2. The van der Waals surface area contributed by atoms with E-state index in [2.05, 4.69) is 15.6 Å². The molecule has 0 aliphatic carbocycles. The Morgan fingerprint density at radius 3 is 2.50 bits per heavy atom.